The lowest BCUT2D eigenvalue weighted by Gasteiger charge is -2.27. The first-order chi connectivity index (χ1) is 18.3. The van der Waals surface area contributed by atoms with E-state index < -0.39 is 22.8 Å². The van der Waals surface area contributed by atoms with Crippen molar-refractivity contribution in [1.29, 1.82) is 0 Å². The smallest absolute Gasteiger partial charge is 0.339 e. The monoisotopic (exact) mass is 526 g/mol. The number of hydrogen-bond donors (Lipinski definition) is 4. The molecule has 0 saturated heterocycles. The van der Waals surface area contributed by atoms with Crippen molar-refractivity contribution in [3.8, 4) is 23.0 Å². The fourth-order valence-electron chi connectivity index (χ4n) is 4.54. The van der Waals surface area contributed by atoms with Crippen molar-refractivity contribution < 1.29 is 34.8 Å². The Balaban J connectivity index is 1.52. The summed E-state index contributed by atoms with van der Waals surface area (Å²) in [6.45, 7) is 7.92. The highest BCUT2D eigenvalue weighted by molar-refractivity contribution is 5.91. The summed E-state index contributed by atoms with van der Waals surface area (Å²) < 4.78 is 6.04. The lowest BCUT2D eigenvalue weighted by molar-refractivity contribution is 0.0682. The number of rotatable bonds is 8. The van der Waals surface area contributed by atoms with Gasteiger partial charge in [0.25, 0.3) is 0 Å². The number of aromatic carboxylic acids is 2. The lowest BCUT2D eigenvalue weighted by atomic mass is 9.77. The van der Waals surface area contributed by atoms with Crippen LogP contribution in [0.3, 0.4) is 0 Å². The Kier molecular flexibility index (Phi) is 7.11. The number of carboxylic acids is 2. The standard InChI is InChI=1S/C32H30O7/c1-31(2,21-9-15-27(33)25(17-21)29(35)36)19-5-11-23(12-6-19)39-24-13-7-20(8-14-24)32(3,4)22-10-16-28(34)26(18-22)30(37)38/h5-18,33-34H,1-4H3,(H,35,36)(H,37,38). The molecule has 200 valence electrons. The van der Waals surface area contributed by atoms with Gasteiger partial charge < -0.3 is 25.2 Å². The number of ether oxygens (including phenoxy) is 1. The number of carboxylic acid groups (broad SMARTS) is 2. The lowest BCUT2D eigenvalue weighted by Crippen LogP contribution is -2.19. The topological polar surface area (TPSA) is 124 Å². The van der Waals surface area contributed by atoms with Crippen LogP contribution in [-0.4, -0.2) is 32.4 Å². The second-order valence-electron chi connectivity index (χ2n) is 10.5. The van der Waals surface area contributed by atoms with E-state index in [9.17, 15) is 30.0 Å². The maximum atomic E-state index is 11.4. The molecule has 4 N–H and O–H groups in total. The maximum absolute atomic E-state index is 11.4. The quantitative estimate of drug-likeness (QED) is 0.196. The first-order valence-corrected chi connectivity index (χ1v) is 12.3. The van der Waals surface area contributed by atoms with E-state index in [0.717, 1.165) is 22.3 Å². The van der Waals surface area contributed by atoms with Crippen LogP contribution in [0.25, 0.3) is 0 Å². The maximum Gasteiger partial charge on any atom is 0.339 e. The number of benzene rings is 4. The highest BCUT2D eigenvalue weighted by Gasteiger charge is 2.27. The van der Waals surface area contributed by atoms with Crippen molar-refractivity contribution in [3.05, 3.63) is 118 Å². The van der Waals surface area contributed by atoms with Gasteiger partial charge in [0.15, 0.2) is 0 Å². The van der Waals surface area contributed by atoms with E-state index in [2.05, 4.69) is 0 Å². The number of carbonyl (C=O) groups is 2. The van der Waals surface area contributed by atoms with E-state index in [1.54, 1.807) is 12.1 Å². The number of phenols is 2. The van der Waals surface area contributed by atoms with E-state index in [0.29, 0.717) is 11.5 Å². The van der Waals surface area contributed by atoms with Crippen molar-refractivity contribution in [2.24, 2.45) is 0 Å². The average Bonchev–Trinajstić information content (AvgIpc) is 2.89. The van der Waals surface area contributed by atoms with Gasteiger partial charge in [0.1, 0.15) is 34.1 Å². The van der Waals surface area contributed by atoms with Gasteiger partial charge >= 0.3 is 11.9 Å². The highest BCUT2D eigenvalue weighted by atomic mass is 16.5. The van der Waals surface area contributed by atoms with Gasteiger partial charge in [0.05, 0.1) is 0 Å². The van der Waals surface area contributed by atoms with Crippen molar-refractivity contribution >= 4 is 11.9 Å². The highest BCUT2D eigenvalue weighted by Crippen LogP contribution is 2.37. The number of hydrogen-bond acceptors (Lipinski definition) is 5. The molecule has 0 bridgehead atoms. The van der Waals surface area contributed by atoms with Crippen LogP contribution in [0.4, 0.5) is 0 Å². The Morgan fingerprint density at radius 3 is 1.15 bits per heavy atom. The minimum Gasteiger partial charge on any atom is -0.507 e. The van der Waals surface area contributed by atoms with Crippen LogP contribution in [0.5, 0.6) is 23.0 Å². The van der Waals surface area contributed by atoms with Crippen LogP contribution in [0, 0.1) is 0 Å². The molecule has 39 heavy (non-hydrogen) atoms. The molecule has 4 rings (SSSR count). The van der Waals surface area contributed by atoms with Gasteiger partial charge in [-0.05, 0) is 70.8 Å². The molecule has 0 spiro atoms. The summed E-state index contributed by atoms with van der Waals surface area (Å²) in [5.74, 6) is -1.65. The fourth-order valence-corrected chi connectivity index (χ4v) is 4.54. The van der Waals surface area contributed by atoms with Gasteiger partial charge in [0.2, 0.25) is 0 Å². The predicted octanol–water partition coefficient (Wildman–Crippen LogP) is 6.94. The molecule has 0 aromatic heterocycles. The predicted molar refractivity (Wildman–Crippen MR) is 147 cm³/mol. The molecule has 0 heterocycles. The number of aromatic hydroxyl groups is 2. The average molecular weight is 527 g/mol. The van der Waals surface area contributed by atoms with Crippen LogP contribution in [-0.2, 0) is 10.8 Å². The molecule has 4 aromatic carbocycles. The molecule has 0 amide bonds. The molecular formula is C32H30O7. The largest absolute Gasteiger partial charge is 0.507 e. The van der Waals surface area contributed by atoms with Crippen LogP contribution in [0.15, 0.2) is 84.9 Å². The fraction of sp³-hybridized carbons (Fsp3) is 0.188. The van der Waals surface area contributed by atoms with Crippen molar-refractivity contribution in [2.75, 3.05) is 0 Å². The molecule has 0 aliphatic carbocycles. The van der Waals surface area contributed by atoms with Gasteiger partial charge in [-0.3, -0.25) is 0 Å². The Labute approximate surface area is 226 Å². The second-order valence-corrected chi connectivity index (χ2v) is 10.5. The summed E-state index contributed by atoms with van der Waals surface area (Å²) in [6.07, 6.45) is 0. The van der Waals surface area contributed by atoms with E-state index in [1.165, 1.54) is 24.3 Å². The minimum atomic E-state index is -1.18. The van der Waals surface area contributed by atoms with Gasteiger partial charge in [-0.2, -0.15) is 0 Å². The first-order valence-electron chi connectivity index (χ1n) is 12.3. The van der Waals surface area contributed by atoms with Gasteiger partial charge in [0, 0.05) is 10.8 Å². The van der Waals surface area contributed by atoms with Crippen molar-refractivity contribution in [3.63, 3.8) is 0 Å². The van der Waals surface area contributed by atoms with E-state index >= 15 is 0 Å². The Bertz CT molecular complexity index is 1420. The summed E-state index contributed by atoms with van der Waals surface area (Å²) >= 11 is 0. The molecule has 0 atom stereocenters. The summed E-state index contributed by atoms with van der Waals surface area (Å²) in [6, 6.07) is 24.3. The Morgan fingerprint density at radius 1 is 0.538 bits per heavy atom. The van der Waals surface area contributed by atoms with Crippen LogP contribution in [0.2, 0.25) is 0 Å². The normalized spacial score (nSPS) is 11.7. The van der Waals surface area contributed by atoms with E-state index in [1.807, 2.05) is 76.2 Å². The molecule has 7 heteroatoms. The molecule has 0 saturated carbocycles. The zero-order chi connectivity index (χ0) is 28.5. The molecule has 7 nitrogen and oxygen atoms in total. The zero-order valence-corrected chi connectivity index (χ0v) is 22.1. The van der Waals surface area contributed by atoms with Gasteiger partial charge in [-0.25, -0.2) is 9.59 Å². The third kappa shape index (κ3) is 5.43. The van der Waals surface area contributed by atoms with Crippen LogP contribution < -0.4 is 4.74 Å². The first kappa shape index (κ1) is 27.3. The third-order valence-corrected chi connectivity index (χ3v) is 7.29. The molecule has 0 fully saturated rings. The summed E-state index contributed by atoms with van der Waals surface area (Å²) in [5, 5.41) is 38.4. The summed E-state index contributed by atoms with van der Waals surface area (Å²) in [5.41, 5.74) is 2.10. The van der Waals surface area contributed by atoms with Gasteiger partial charge in [-0.1, -0.05) is 64.1 Å². The summed E-state index contributed by atoms with van der Waals surface area (Å²) in [4.78, 5) is 22.9. The Hall–Kier alpha value is -4.78. The van der Waals surface area contributed by atoms with E-state index in [4.69, 9.17) is 4.74 Å². The molecule has 0 unspecified atom stereocenters. The molecule has 4 aromatic rings. The molecular weight excluding hydrogens is 496 g/mol. The third-order valence-electron chi connectivity index (χ3n) is 7.29. The molecule has 0 aliphatic rings. The molecule has 0 radical (unpaired) electrons. The van der Waals surface area contributed by atoms with Crippen molar-refractivity contribution in [2.45, 2.75) is 38.5 Å². The molecule has 0 aliphatic heterocycles. The van der Waals surface area contributed by atoms with Crippen LogP contribution in [0.1, 0.15) is 70.7 Å². The van der Waals surface area contributed by atoms with Gasteiger partial charge in [-0.15, -0.1) is 0 Å². The minimum absolute atomic E-state index is 0.139. The zero-order valence-electron chi connectivity index (χ0n) is 22.1. The van der Waals surface area contributed by atoms with Crippen LogP contribution >= 0.6 is 0 Å². The second kappa shape index (κ2) is 10.2. The van der Waals surface area contributed by atoms with E-state index in [-0.39, 0.29) is 22.6 Å². The SMILES string of the molecule is CC(C)(c1ccc(Oc2ccc(C(C)(C)c3ccc(O)c(C(=O)O)c3)cc2)cc1)c1ccc(O)c(C(=O)O)c1. The summed E-state index contributed by atoms with van der Waals surface area (Å²) in [7, 11) is 0. The Morgan fingerprint density at radius 2 is 0.846 bits per heavy atom. The van der Waals surface area contributed by atoms with Crippen molar-refractivity contribution in [1.82, 2.24) is 0 Å².